The topological polar surface area (TPSA) is 78.9 Å². The van der Waals surface area contributed by atoms with Crippen LogP contribution in [0.25, 0.3) is 0 Å². The first kappa shape index (κ1) is 12.0. The third kappa shape index (κ3) is 2.82. The molecule has 92 valence electrons. The Labute approximate surface area is 106 Å². The number of hydrogen-bond acceptors (Lipinski definition) is 4. The summed E-state index contributed by atoms with van der Waals surface area (Å²) in [4.78, 5) is 10.4. The van der Waals surface area contributed by atoms with Crippen LogP contribution in [0.5, 0.6) is 0 Å². The monoisotopic (exact) mass is 241 g/mol. The maximum Gasteiger partial charge on any atom is 0.147 e. The molecule has 2 aromatic rings. The molecule has 2 rings (SSSR count). The Kier molecular flexibility index (Phi) is 3.52. The number of anilines is 1. The molecule has 0 radical (unpaired) electrons. The Hall–Kier alpha value is -2.43. The second-order valence-electron chi connectivity index (χ2n) is 3.99. The molecule has 0 saturated heterocycles. The van der Waals surface area contributed by atoms with Crippen molar-refractivity contribution in [3.8, 4) is 0 Å². The van der Waals surface area contributed by atoms with Crippen LogP contribution in [0, 0.1) is 5.41 Å². The fourth-order valence-corrected chi connectivity index (χ4v) is 1.63. The molecule has 0 aliphatic rings. The van der Waals surface area contributed by atoms with Gasteiger partial charge in [-0.05, 0) is 18.2 Å². The quantitative estimate of drug-likeness (QED) is 0.626. The maximum atomic E-state index is 7.43. The molecule has 0 fully saturated rings. The Morgan fingerprint density at radius 2 is 2.00 bits per heavy atom. The van der Waals surface area contributed by atoms with E-state index in [2.05, 4.69) is 9.97 Å². The summed E-state index contributed by atoms with van der Waals surface area (Å²) in [6, 6.07) is 9.34. The minimum absolute atomic E-state index is 0.0706. The van der Waals surface area contributed by atoms with Gasteiger partial charge in [0.25, 0.3) is 0 Å². The third-order valence-corrected chi connectivity index (χ3v) is 2.60. The highest BCUT2D eigenvalue weighted by molar-refractivity contribution is 5.95. The van der Waals surface area contributed by atoms with Crippen molar-refractivity contribution in [1.82, 2.24) is 9.97 Å². The Morgan fingerprint density at radius 3 is 2.67 bits per heavy atom. The number of hydrogen-bond donors (Lipinski definition) is 2. The van der Waals surface area contributed by atoms with Gasteiger partial charge in [0.1, 0.15) is 11.7 Å². The summed E-state index contributed by atoms with van der Waals surface area (Å²) in [6.45, 7) is 0.613. The molecule has 5 heteroatoms. The molecule has 0 unspecified atom stereocenters. The van der Waals surface area contributed by atoms with Crippen LogP contribution in [0.4, 0.5) is 5.69 Å². The van der Waals surface area contributed by atoms with Crippen LogP contribution in [0.1, 0.15) is 11.4 Å². The van der Waals surface area contributed by atoms with E-state index in [9.17, 15) is 0 Å². The predicted octanol–water partition coefficient (Wildman–Crippen LogP) is 1.40. The van der Waals surface area contributed by atoms with Gasteiger partial charge in [0, 0.05) is 30.7 Å². The SMILES string of the molecule is CN(Cc1ncccn1)c1cccc(C(=N)N)c1. The smallest absolute Gasteiger partial charge is 0.147 e. The van der Waals surface area contributed by atoms with Crippen molar-refractivity contribution in [3.63, 3.8) is 0 Å². The van der Waals surface area contributed by atoms with Crippen LogP contribution >= 0.6 is 0 Å². The van der Waals surface area contributed by atoms with Crippen molar-refractivity contribution < 1.29 is 0 Å². The van der Waals surface area contributed by atoms with Gasteiger partial charge in [0.2, 0.25) is 0 Å². The number of nitrogens with zero attached hydrogens (tertiary/aromatic N) is 3. The van der Waals surface area contributed by atoms with Gasteiger partial charge in [-0.1, -0.05) is 12.1 Å². The Bertz CT molecular complexity index is 538. The number of rotatable bonds is 4. The van der Waals surface area contributed by atoms with Crippen LogP contribution in [-0.2, 0) is 6.54 Å². The Balaban J connectivity index is 2.16. The van der Waals surface area contributed by atoms with Gasteiger partial charge in [-0.15, -0.1) is 0 Å². The second kappa shape index (κ2) is 5.27. The summed E-state index contributed by atoms with van der Waals surface area (Å²) in [6.07, 6.45) is 3.45. The molecule has 1 aromatic carbocycles. The molecule has 1 aromatic heterocycles. The molecule has 3 N–H and O–H groups in total. The lowest BCUT2D eigenvalue weighted by Gasteiger charge is -2.18. The van der Waals surface area contributed by atoms with Crippen LogP contribution in [0.3, 0.4) is 0 Å². The first-order valence-corrected chi connectivity index (χ1v) is 5.58. The molecular formula is C13H15N5. The van der Waals surface area contributed by atoms with Crippen molar-refractivity contribution in [2.24, 2.45) is 5.73 Å². The first-order valence-electron chi connectivity index (χ1n) is 5.58. The fourth-order valence-electron chi connectivity index (χ4n) is 1.63. The molecule has 0 atom stereocenters. The van der Waals surface area contributed by atoms with Crippen LogP contribution in [0.15, 0.2) is 42.7 Å². The van der Waals surface area contributed by atoms with Crippen molar-refractivity contribution in [2.45, 2.75) is 6.54 Å². The van der Waals surface area contributed by atoms with Crippen LogP contribution < -0.4 is 10.6 Å². The average molecular weight is 241 g/mol. The van der Waals surface area contributed by atoms with Gasteiger partial charge in [-0.3, -0.25) is 5.41 Å². The molecule has 5 nitrogen and oxygen atoms in total. The summed E-state index contributed by atoms with van der Waals surface area (Å²) < 4.78 is 0. The van der Waals surface area contributed by atoms with E-state index in [-0.39, 0.29) is 5.84 Å². The highest BCUT2D eigenvalue weighted by Crippen LogP contribution is 2.15. The van der Waals surface area contributed by atoms with Crippen molar-refractivity contribution in [1.29, 1.82) is 5.41 Å². The number of amidine groups is 1. The van der Waals surface area contributed by atoms with Gasteiger partial charge in [-0.2, -0.15) is 0 Å². The maximum absolute atomic E-state index is 7.43. The molecule has 0 amide bonds. The molecule has 0 spiro atoms. The van der Waals surface area contributed by atoms with E-state index in [1.54, 1.807) is 18.5 Å². The van der Waals surface area contributed by atoms with Gasteiger partial charge >= 0.3 is 0 Å². The van der Waals surface area contributed by atoms with E-state index in [0.29, 0.717) is 12.1 Å². The average Bonchev–Trinajstić information content (AvgIpc) is 2.40. The number of nitrogens with two attached hydrogens (primary N) is 1. The van der Waals surface area contributed by atoms with Crippen molar-refractivity contribution in [2.75, 3.05) is 11.9 Å². The Morgan fingerprint density at radius 1 is 1.28 bits per heavy atom. The molecule has 0 aliphatic heterocycles. The zero-order chi connectivity index (χ0) is 13.0. The van der Waals surface area contributed by atoms with Crippen molar-refractivity contribution in [3.05, 3.63) is 54.1 Å². The standard InChI is InChI=1S/C13H15N5/c1-18(9-12-16-6-3-7-17-12)11-5-2-4-10(8-11)13(14)15/h2-8H,9H2,1H3,(H3,14,15). The summed E-state index contributed by atoms with van der Waals surface area (Å²) >= 11 is 0. The van der Waals surface area contributed by atoms with E-state index >= 15 is 0 Å². The lowest BCUT2D eigenvalue weighted by Crippen LogP contribution is -2.19. The highest BCUT2D eigenvalue weighted by Gasteiger charge is 2.05. The summed E-state index contributed by atoms with van der Waals surface area (Å²) in [7, 11) is 1.95. The lowest BCUT2D eigenvalue weighted by molar-refractivity contribution is 0.837. The van der Waals surface area contributed by atoms with E-state index < -0.39 is 0 Å². The molecule has 1 heterocycles. The van der Waals surface area contributed by atoms with E-state index in [1.807, 2.05) is 36.2 Å². The van der Waals surface area contributed by atoms with E-state index in [0.717, 1.165) is 11.5 Å². The summed E-state index contributed by atoms with van der Waals surface area (Å²) in [5.41, 5.74) is 7.17. The lowest BCUT2D eigenvalue weighted by atomic mass is 10.2. The summed E-state index contributed by atoms with van der Waals surface area (Å²) in [5, 5.41) is 7.43. The van der Waals surface area contributed by atoms with Crippen LogP contribution in [-0.4, -0.2) is 22.9 Å². The zero-order valence-corrected chi connectivity index (χ0v) is 10.2. The van der Waals surface area contributed by atoms with Crippen molar-refractivity contribution >= 4 is 11.5 Å². The van der Waals surface area contributed by atoms with Crippen LogP contribution in [0.2, 0.25) is 0 Å². The number of nitrogen functional groups attached to an aromatic ring is 1. The van der Waals surface area contributed by atoms with Gasteiger partial charge in [0.15, 0.2) is 0 Å². The number of aromatic nitrogens is 2. The summed E-state index contributed by atoms with van der Waals surface area (Å²) in [5.74, 6) is 0.828. The minimum atomic E-state index is 0.0706. The number of nitrogens with one attached hydrogen (secondary N) is 1. The first-order chi connectivity index (χ1) is 8.66. The highest BCUT2D eigenvalue weighted by atomic mass is 15.1. The van der Waals surface area contributed by atoms with Gasteiger partial charge < -0.3 is 10.6 Å². The zero-order valence-electron chi connectivity index (χ0n) is 10.2. The predicted molar refractivity (Wildman–Crippen MR) is 71.6 cm³/mol. The minimum Gasteiger partial charge on any atom is -0.384 e. The third-order valence-electron chi connectivity index (χ3n) is 2.60. The van der Waals surface area contributed by atoms with E-state index in [1.165, 1.54) is 0 Å². The largest absolute Gasteiger partial charge is 0.384 e. The number of benzene rings is 1. The second-order valence-corrected chi connectivity index (χ2v) is 3.99. The normalized spacial score (nSPS) is 10.1. The van der Waals surface area contributed by atoms with Gasteiger partial charge in [-0.25, -0.2) is 9.97 Å². The molecule has 0 bridgehead atoms. The molecule has 0 saturated carbocycles. The van der Waals surface area contributed by atoms with Gasteiger partial charge in [0.05, 0.1) is 6.54 Å². The molecule has 18 heavy (non-hydrogen) atoms. The fraction of sp³-hybridized carbons (Fsp3) is 0.154. The molecule has 0 aliphatic carbocycles. The molecular weight excluding hydrogens is 226 g/mol. The van der Waals surface area contributed by atoms with E-state index in [4.69, 9.17) is 11.1 Å².